The third-order valence-corrected chi connectivity index (χ3v) is 3.55. The van der Waals surface area contributed by atoms with Gasteiger partial charge in [0.05, 0.1) is 12.7 Å². The fraction of sp³-hybridized carbons (Fsp3) is 0.0667. The van der Waals surface area contributed by atoms with E-state index in [1.54, 1.807) is 42.5 Å². The third-order valence-electron chi connectivity index (χ3n) is 2.80. The normalized spacial score (nSPS) is 9.95. The van der Waals surface area contributed by atoms with Gasteiger partial charge in [-0.2, -0.15) is 0 Å². The molecule has 0 fully saturated rings. The molecule has 0 heterocycles. The number of amides is 2. The molecule has 22 heavy (non-hydrogen) atoms. The number of rotatable bonds is 3. The van der Waals surface area contributed by atoms with Crippen LogP contribution in [0.4, 0.5) is 0 Å². The Morgan fingerprint density at radius 2 is 1.68 bits per heavy atom. The van der Waals surface area contributed by atoms with Gasteiger partial charge in [0.25, 0.3) is 11.8 Å². The molecule has 0 aliphatic carbocycles. The number of hydrazine groups is 1. The summed E-state index contributed by atoms with van der Waals surface area (Å²) >= 11 is 9.03. The number of methoxy groups -OCH3 is 1. The Labute approximate surface area is 140 Å². The van der Waals surface area contributed by atoms with E-state index < -0.39 is 11.8 Å². The Balaban J connectivity index is 2.05. The fourth-order valence-electron chi connectivity index (χ4n) is 1.71. The number of carbonyl (C=O) groups excluding carboxylic acids is 2. The summed E-state index contributed by atoms with van der Waals surface area (Å²) in [4.78, 5) is 24.0. The van der Waals surface area contributed by atoms with Gasteiger partial charge in [0.1, 0.15) is 5.75 Å². The second kappa shape index (κ2) is 7.29. The van der Waals surface area contributed by atoms with Crippen molar-refractivity contribution in [3.63, 3.8) is 0 Å². The monoisotopic (exact) mass is 382 g/mol. The van der Waals surface area contributed by atoms with Gasteiger partial charge < -0.3 is 4.74 Å². The molecule has 0 aliphatic heterocycles. The highest BCUT2D eigenvalue weighted by atomic mass is 79.9. The van der Waals surface area contributed by atoms with Crippen LogP contribution in [0.2, 0.25) is 5.02 Å². The minimum Gasteiger partial charge on any atom is -0.496 e. The lowest BCUT2D eigenvalue weighted by Gasteiger charge is -2.10. The van der Waals surface area contributed by atoms with Gasteiger partial charge in [0, 0.05) is 15.1 Å². The minimum atomic E-state index is -0.486. The van der Waals surface area contributed by atoms with Crippen molar-refractivity contribution in [3.8, 4) is 5.75 Å². The van der Waals surface area contributed by atoms with Gasteiger partial charge in [0.15, 0.2) is 0 Å². The molecule has 0 bridgehead atoms. The first-order valence-corrected chi connectivity index (χ1v) is 7.38. The van der Waals surface area contributed by atoms with E-state index >= 15 is 0 Å². The number of ether oxygens (including phenoxy) is 1. The van der Waals surface area contributed by atoms with Crippen molar-refractivity contribution in [1.29, 1.82) is 0 Å². The summed E-state index contributed by atoms with van der Waals surface area (Å²) in [5.41, 5.74) is 5.36. The second-order valence-electron chi connectivity index (χ2n) is 4.26. The molecule has 0 aromatic heterocycles. The zero-order valence-electron chi connectivity index (χ0n) is 11.5. The standard InChI is InChI=1S/C15H12BrClN2O3/c1-22-13-7-4-10(16)8-12(13)15(21)19-18-14(20)9-2-5-11(17)6-3-9/h2-8H,1H3,(H,18,20)(H,19,21). The van der Waals surface area contributed by atoms with Crippen molar-refractivity contribution in [2.75, 3.05) is 7.11 Å². The first-order valence-electron chi connectivity index (χ1n) is 6.21. The number of carbonyl (C=O) groups is 2. The van der Waals surface area contributed by atoms with Crippen LogP contribution in [-0.2, 0) is 0 Å². The smallest absolute Gasteiger partial charge is 0.273 e. The van der Waals surface area contributed by atoms with E-state index in [1.165, 1.54) is 7.11 Å². The van der Waals surface area contributed by atoms with Crippen molar-refractivity contribution in [2.24, 2.45) is 0 Å². The highest BCUT2D eigenvalue weighted by Crippen LogP contribution is 2.22. The lowest BCUT2D eigenvalue weighted by molar-refractivity contribution is 0.0845. The number of hydrogen-bond acceptors (Lipinski definition) is 3. The van der Waals surface area contributed by atoms with E-state index in [0.717, 1.165) is 4.47 Å². The van der Waals surface area contributed by atoms with Crippen LogP contribution in [-0.4, -0.2) is 18.9 Å². The third kappa shape index (κ3) is 3.99. The molecule has 114 valence electrons. The topological polar surface area (TPSA) is 67.4 Å². The van der Waals surface area contributed by atoms with Crippen molar-refractivity contribution >= 4 is 39.3 Å². The van der Waals surface area contributed by atoms with Crippen LogP contribution in [0.15, 0.2) is 46.9 Å². The number of halogens is 2. The van der Waals surface area contributed by atoms with E-state index in [-0.39, 0.29) is 0 Å². The van der Waals surface area contributed by atoms with Crippen molar-refractivity contribution < 1.29 is 14.3 Å². The zero-order valence-corrected chi connectivity index (χ0v) is 13.9. The Kier molecular flexibility index (Phi) is 5.41. The van der Waals surface area contributed by atoms with Crippen LogP contribution in [0.1, 0.15) is 20.7 Å². The zero-order chi connectivity index (χ0) is 16.1. The molecule has 0 atom stereocenters. The van der Waals surface area contributed by atoms with Gasteiger partial charge in [-0.05, 0) is 42.5 Å². The quantitative estimate of drug-likeness (QED) is 0.800. The molecule has 0 spiro atoms. The molecular weight excluding hydrogens is 372 g/mol. The number of hydrogen-bond donors (Lipinski definition) is 2. The van der Waals surface area contributed by atoms with Crippen LogP contribution < -0.4 is 15.6 Å². The van der Waals surface area contributed by atoms with Crippen LogP contribution in [0.3, 0.4) is 0 Å². The van der Waals surface area contributed by atoms with Crippen LogP contribution in [0, 0.1) is 0 Å². The molecule has 5 nitrogen and oxygen atoms in total. The van der Waals surface area contributed by atoms with Crippen LogP contribution >= 0.6 is 27.5 Å². The van der Waals surface area contributed by atoms with E-state index in [9.17, 15) is 9.59 Å². The van der Waals surface area contributed by atoms with Crippen molar-refractivity contribution in [1.82, 2.24) is 10.9 Å². The summed E-state index contributed by atoms with van der Waals surface area (Å²) in [6, 6.07) is 11.3. The molecule has 0 saturated heterocycles. The van der Waals surface area contributed by atoms with Gasteiger partial charge in [-0.25, -0.2) is 0 Å². The highest BCUT2D eigenvalue weighted by molar-refractivity contribution is 9.10. The van der Waals surface area contributed by atoms with Crippen molar-refractivity contribution in [3.05, 3.63) is 63.1 Å². The summed E-state index contributed by atoms with van der Waals surface area (Å²) in [6.45, 7) is 0. The average Bonchev–Trinajstić information content (AvgIpc) is 2.53. The van der Waals surface area contributed by atoms with Gasteiger partial charge in [-0.3, -0.25) is 20.4 Å². The van der Waals surface area contributed by atoms with Gasteiger partial charge in [0.2, 0.25) is 0 Å². The van der Waals surface area contributed by atoms with Gasteiger partial charge in [-0.1, -0.05) is 27.5 Å². The molecule has 2 amide bonds. The molecule has 0 radical (unpaired) electrons. The lowest BCUT2D eigenvalue weighted by atomic mass is 10.2. The maximum Gasteiger partial charge on any atom is 0.273 e. The molecular formula is C15H12BrClN2O3. The van der Waals surface area contributed by atoms with E-state index in [1.807, 2.05) is 0 Å². The van der Waals surface area contributed by atoms with E-state index in [4.69, 9.17) is 16.3 Å². The summed E-state index contributed by atoms with van der Waals surface area (Å²) in [7, 11) is 1.46. The summed E-state index contributed by atoms with van der Waals surface area (Å²) in [5.74, 6) is -0.527. The Morgan fingerprint density at radius 3 is 2.32 bits per heavy atom. The summed E-state index contributed by atoms with van der Waals surface area (Å²) in [5, 5.41) is 0.527. The maximum atomic E-state index is 12.1. The molecule has 0 aliphatic rings. The van der Waals surface area contributed by atoms with E-state index in [0.29, 0.717) is 21.9 Å². The molecule has 2 rings (SSSR count). The molecule has 2 N–H and O–H groups in total. The SMILES string of the molecule is COc1ccc(Br)cc1C(=O)NNC(=O)c1ccc(Cl)cc1. The first-order chi connectivity index (χ1) is 10.5. The largest absolute Gasteiger partial charge is 0.496 e. The van der Waals surface area contributed by atoms with Crippen LogP contribution in [0.25, 0.3) is 0 Å². The molecule has 7 heteroatoms. The Bertz CT molecular complexity index is 704. The number of benzene rings is 2. The van der Waals surface area contributed by atoms with Gasteiger partial charge >= 0.3 is 0 Å². The molecule has 2 aromatic rings. The maximum absolute atomic E-state index is 12.1. The first kappa shape index (κ1) is 16.3. The van der Waals surface area contributed by atoms with Crippen LogP contribution in [0.5, 0.6) is 5.75 Å². The average molecular weight is 384 g/mol. The Hall–Kier alpha value is -2.05. The molecule has 0 unspecified atom stereocenters. The molecule has 0 saturated carbocycles. The summed E-state index contributed by atoms with van der Waals surface area (Å²) < 4.78 is 5.84. The lowest BCUT2D eigenvalue weighted by Crippen LogP contribution is -2.41. The highest BCUT2D eigenvalue weighted by Gasteiger charge is 2.14. The number of nitrogens with one attached hydrogen (secondary N) is 2. The van der Waals surface area contributed by atoms with Crippen molar-refractivity contribution in [2.45, 2.75) is 0 Å². The van der Waals surface area contributed by atoms with Gasteiger partial charge in [-0.15, -0.1) is 0 Å². The summed E-state index contributed by atoms with van der Waals surface area (Å²) in [6.07, 6.45) is 0. The fourth-order valence-corrected chi connectivity index (χ4v) is 2.20. The molecule has 2 aromatic carbocycles. The predicted molar refractivity (Wildman–Crippen MR) is 87.1 cm³/mol. The predicted octanol–water partition coefficient (Wildman–Crippen LogP) is 3.19. The van der Waals surface area contributed by atoms with E-state index in [2.05, 4.69) is 26.8 Å². The second-order valence-corrected chi connectivity index (χ2v) is 5.61. The Morgan fingerprint density at radius 1 is 1.05 bits per heavy atom. The minimum absolute atomic E-state index is 0.299.